The van der Waals surface area contributed by atoms with Crippen LogP contribution >= 0.6 is 11.6 Å². The molecule has 4 nitrogen and oxygen atoms in total. The summed E-state index contributed by atoms with van der Waals surface area (Å²) in [5.74, 6) is -0.303. The van der Waals surface area contributed by atoms with Gasteiger partial charge in [-0.25, -0.2) is 0 Å². The molecular weight excluding hydrogens is 288 g/mol. The van der Waals surface area contributed by atoms with E-state index in [2.05, 4.69) is 10.6 Å². The summed E-state index contributed by atoms with van der Waals surface area (Å²) in [5, 5.41) is 6.29. The third-order valence-electron chi connectivity index (χ3n) is 3.41. The summed E-state index contributed by atoms with van der Waals surface area (Å²) in [5.41, 5.74) is 0.483. The third-order valence-corrected chi connectivity index (χ3v) is 3.75. The monoisotopic (exact) mass is 310 g/mol. The zero-order valence-corrected chi connectivity index (χ0v) is 13.8. The van der Waals surface area contributed by atoms with Crippen molar-refractivity contribution in [2.75, 3.05) is 0 Å². The largest absolute Gasteiger partial charge is 0.351 e. The van der Waals surface area contributed by atoms with Gasteiger partial charge in [-0.05, 0) is 31.9 Å². The van der Waals surface area contributed by atoms with Crippen molar-refractivity contribution in [3.05, 3.63) is 34.9 Å². The minimum absolute atomic E-state index is 0.111. The molecule has 0 aliphatic carbocycles. The van der Waals surface area contributed by atoms with Gasteiger partial charge in [-0.2, -0.15) is 0 Å². The number of rotatable bonds is 6. The van der Waals surface area contributed by atoms with E-state index in [1.807, 2.05) is 39.0 Å². The predicted octanol–water partition coefficient (Wildman–Crippen LogP) is 3.21. The summed E-state index contributed by atoms with van der Waals surface area (Å²) >= 11 is 6.16. The maximum Gasteiger partial charge on any atom is 0.222 e. The number of nitrogens with one attached hydrogen (secondary N) is 2. The Labute approximate surface area is 131 Å². The molecular formula is C16H23ClN2O2. The third kappa shape index (κ3) is 5.76. The highest BCUT2D eigenvalue weighted by Crippen LogP contribution is 2.25. The Bertz CT molecular complexity index is 515. The summed E-state index contributed by atoms with van der Waals surface area (Å²) in [4.78, 5) is 23.6. The maximum absolute atomic E-state index is 12.2. The van der Waals surface area contributed by atoms with Crippen LogP contribution in [0.5, 0.6) is 0 Å². The van der Waals surface area contributed by atoms with Gasteiger partial charge in [-0.15, -0.1) is 0 Å². The van der Waals surface area contributed by atoms with Crippen molar-refractivity contribution in [1.29, 1.82) is 0 Å². The number of amides is 2. The number of benzene rings is 1. The van der Waals surface area contributed by atoms with E-state index in [4.69, 9.17) is 11.6 Å². The van der Waals surface area contributed by atoms with Crippen molar-refractivity contribution >= 4 is 23.4 Å². The Morgan fingerprint density at radius 1 is 1.29 bits per heavy atom. The molecule has 0 aliphatic rings. The minimum atomic E-state index is -0.427. The first kappa shape index (κ1) is 17.5. The Morgan fingerprint density at radius 2 is 1.90 bits per heavy atom. The van der Waals surface area contributed by atoms with Crippen LogP contribution in [0.3, 0.4) is 0 Å². The van der Waals surface area contributed by atoms with Crippen molar-refractivity contribution in [3.63, 3.8) is 0 Å². The molecule has 0 spiro atoms. The molecule has 0 saturated carbocycles. The smallest absolute Gasteiger partial charge is 0.222 e. The summed E-state index contributed by atoms with van der Waals surface area (Å²) in [7, 11) is 0. The number of carbonyl (C=O) groups is 2. The molecule has 2 N–H and O–H groups in total. The van der Waals surface area contributed by atoms with Gasteiger partial charge in [0.15, 0.2) is 0 Å². The fourth-order valence-electron chi connectivity index (χ4n) is 1.94. The van der Waals surface area contributed by atoms with Gasteiger partial charge < -0.3 is 10.6 Å². The summed E-state index contributed by atoms with van der Waals surface area (Å²) in [6.07, 6.45) is 0.988. The summed E-state index contributed by atoms with van der Waals surface area (Å²) in [6.45, 7) is 7.37. The van der Waals surface area contributed by atoms with Crippen molar-refractivity contribution in [1.82, 2.24) is 10.6 Å². The van der Waals surface area contributed by atoms with Crippen molar-refractivity contribution in [2.24, 2.45) is 0 Å². The van der Waals surface area contributed by atoms with Gasteiger partial charge in [0, 0.05) is 17.5 Å². The van der Waals surface area contributed by atoms with E-state index < -0.39 is 6.04 Å². The van der Waals surface area contributed by atoms with Gasteiger partial charge >= 0.3 is 0 Å². The highest BCUT2D eigenvalue weighted by atomic mass is 35.5. The lowest BCUT2D eigenvalue weighted by atomic mass is 9.99. The molecule has 0 bridgehead atoms. The van der Waals surface area contributed by atoms with Crippen LogP contribution in [0.4, 0.5) is 0 Å². The first-order valence-electron chi connectivity index (χ1n) is 7.07. The van der Waals surface area contributed by atoms with Gasteiger partial charge in [0.1, 0.15) is 0 Å². The average Bonchev–Trinajstić information content (AvgIpc) is 2.37. The molecule has 21 heavy (non-hydrogen) atoms. The molecule has 1 aromatic carbocycles. The van der Waals surface area contributed by atoms with E-state index in [9.17, 15) is 9.59 Å². The lowest BCUT2D eigenvalue weighted by molar-refractivity contribution is -0.124. The molecule has 5 heteroatoms. The van der Waals surface area contributed by atoms with Crippen LogP contribution in [0.15, 0.2) is 24.3 Å². The SMILES string of the molecule is CCC(C)(C)NC(=O)C[C@@H](NC(C)=O)c1ccccc1Cl. The van der Waals surface area contributed by atoms with E-state index in [-0.39, 0.29) is 23.8 Å². The Hall–Kier alpha value is -1.55. The first-order chi connectivity index (χ1) is 9.75. The van der Waals surface area contributed by atoms with E-state index in [0.717, 1.165) is 12.0 Å². The molecule has 0 aromatic heterocycles. The molecule has 0 heterocycles. The van der Waals surface area contributed by atoms with Crippen molar-refractivity contribution in [2.45, 2.75) is 52.1 Å². The molecule has 1 atom stereocenters. The highest BCUT2D eigenvalue weighted by Gasteiger charge is 2.23. The van der Waals surface area contributed by atoms with Crippen LogP contribution in [-0.4, -0.2) is 17.4 Å². The maximum atomic E-state index is 12.2. The summed E-state index contributed by atoms with van der Waals surface area (Å²) < 4.78 is 0. The van der Waals surface area contributed by atoms with E-state index >= 15 is 0 Å². The normalized spacial score (nSPS) is 12.6. The van der Waals surface area contributed by atoms with Gasteiger partial charge in [-0.3, -0.25) is 9.59 Å². The second-order valence-electron chi connectivity index (χ2n) is 5.76. The second-order valence-corrected chi connectivity index (χ2v) is 6.17. The highest BCUT2D eigenvalue weighted by molar-refractivity contribution is 6.31. The average molecular weight is 311 g/mol. The van der Waals surface area contributed by atoms with Crippen LogP contribution in [0.2, 0.25) is 5.02 Å². The molecule has 0 unspecified atom stereocenters. The van der Waals surface area contributed by atoms with Gasteiger partial charge in [0.25, 0.3) is 0 Å². The van der Waals surface area contributed by atoms with Crippen LogP contribution in [-0.2, 0) is 9.59 Å². The Morgan fingerprint density at radius 3 is 2.43 bits per heavy atom. The second kappa shape index (κ2) is 7.46. The molecule has 1 rings (SSSR count). The molecule has 0 fully saturated rings. The molecule has 0 radical (unpaired) electrons. The lowest BCUT2D eigenvalue weighted by Gasteiger charge is -2.26. The predicted molar refractivity (Wildman–Crippen MR) is 85.1 cm³/mol. The molecule has 0 saturated heterocycles. The van der Waals surface area contributed by atoms with Gasteiger partial charge in [-0.1, -0.05) is 36.7 Å². The minimum Gasteiger partial charge on any atom is -0.351 e. The number of hydrogen-bond acceptors (Lipinski definition) is 2. The molecule has 116 valence electrons. The molecule has 0 aliphatic heterocycles. The summed E-state index contributed by atoms with van der Waals surface area (Å²) in [6, 6.07) is 6.80. The van der Waals surface area contributed by atoms with Crippen LogP contribution in [0.25, 0.3) is 0 Å². The zero-order chi connectivity index (χ0) is 16.0. The standard InChI is InChI=1S/C16H23ClN2O2/c1-5-16(3,4)19-15(21)10-14(18-11(2)20)12-8-6-7-9-13(12)17/h6-9,14H,5,10H2,1-4H3,(H,18,20)(H,19,21)/t14-/m1/s1. The van der Waals surface area contributed by atoms with Gasteiger partial charge in [0.05, 0.1) is 12.5 Å². The zero-order valence-electron chi connectivity index (χ0n) is 13.0. The van der Waals surface area contributed by atoms with Crippen molar-refractivity contribution < 1.29 is 9.59 Å². The molecule has 2 amide bonds. The Kier molecular flexibility index (Phi) is 6.21. The Balaban J connectivity index is 2.87. The molecule has 1 aromatic rings. The fraction of sp³-hybridized carbons (Fsp3) is 0.500. The number of hydrogen-bond donors (Lipinski definition) is 2. The van der Waals surface area contributed by atoms with Gasteiger partial charge in [0.2, 0.25) is 11.8 Å². The number of halogens is 1. The van der Waals surface area contributed by atoms with E-state index in [0.29, 0.717) is 5.02 Å². The fourth-order valence-corrected chi connectivity index (χ4v) is 2.21. The quantitative estimate of drug-likeness (QED) is 0.847. The van der Waals surface area contributed by atoms with Crippen molar-refractivity contribution in [3.8, 4) is 0 Å². The number of carbonyl (C=O) groups excluding carboxylic acids is 2. The van der Waals surface area contributed by atoms with Crippen LogP contribution in [0, 0.1) is 0 Å². The van der Waals surface area contributed by atoms with E-state index in [1.54, 1.807) is 6.07 Å². The first-order valence-corrected chi connectivity index (χ1v) is 7.45. The van der Waals surface area contributed by atoms with Crippen LogP contribution in [0.1, 0.15) is 52.1 Å². The van der Waals surface area contributed by atoms with Crippen LogP contribution < -0.4 is 10.6 Å². The lowest BCUT2D eigenvalue weighted by Crippen LogP contribution is -2.44. The van der Waals surface area contributed by atoms with E-state index in [1.165, 1.54) is 6.92 Å². The topological polar surface area (TPSA) is 58.2 Å².